The minimum absolute atomic E-state index is 0.522. The third kappa shape index (κ3) is 3.37. The normalized spacial score (nSPS) is 16.2. The number of hydrogen-bond acceptors (Lipinski definition) is 2. The van der Waals surface area contributed by atoms with E-state index in [0.29, 0.717) is 6.04 Å². The van der Waals surface area contributed by atoms with Gasteiger partial charge in [0.15, 0.2) is 0 Å². The van der Waals surface area contributed by atoms with E-state index in [1.807, 2.05) is 18.3 Å². The lowest BCUT2D eigenvalue weighted by Gasteiger charge is -2.15. The Morgan fingerprint density at radius 2 is 2.14 bits per heavy atom. The van der Waals surface area contributed by atoms with Crippen LogP contribution in [0.1, 0.15) is 36.2 Å². The average Bonchev–Trinajstić information content (AvgIpc) is 3.17. The first kappa shape index (κ1) is 15.5. The first-order valence-electron chi connectivity index (χ1n) is 7.39. The molecule has 0 bridgehead atoms. The van der Waals surface area contributed by atoms with Crippen LogP contribution in [0.5, 0.6) is 0 Å². The Morgan fingerprint density at radius 1 is 1.38 bits per heavy atom. The monoisotopic (exact) mass is 383 g/mol. The van der Waals surface area contributed by atoms with Crippen LogP contribution >= 0.6 is 38.9 Å². The Balaban J connectivity index is 1.92. The Hall–Kier alpha value is -0.350. The highest BCUT2D eigenvalue weighted by molar-refractivity contribution is 9.10. The standard InChI is InChI=1S/C17H19BrClNS/c1-3-20-17(11-4-5-11)16-7-6-15(21-16)12-9-14(19)10(2)8-13(12)18/h6-9,11,17,20H,3-5H2,1-2H3. The zero-order valence-corrected chi connectivity index (χ0v) is 15.4. The molecule has 1 atom stereocenters. The number of rotatable bonds is 5. The van der Waals surface area contributed by atoms with Crippen molar-refractivity contribution >= 4 is 38.9 Å². The maximum absolute atomic E-state index is 6.29. The van der Waals surface area contributed by atoms with Gasteiger partial charge in [0.05, 0.1) is 0 Å². The van der Waals surface area contributed by atoms with E-state index in [9.17, 15) is 0 Å². The Kier molecular flexibility index (Phi) is 4.75. The summed E-state index contributed by atoms with van der Waals surface area (Å²) in [4.78, 5) is 2.72. The lowest BCUT2D eigenvalue weighted by atomic mass is 10.1. The molecule has 3 rings (SSSR count). The summed E-state index contributed by atoms with van der Waals surface area (Å²) in [7, 11) is 0. The van der Waals surface area contributed by atoms with Crippen LogP contribution in [0.25, 0.3) is 10.4 Å². The molecule has 1 aliphatic rings. The summed E-state index contributed by atoms with van der Waals surface area (Å²) >= 11 is 11.8. The van der Waals surface area contributed by atoms with Crippen LogP contribution in [0.3, 0.4) is 0 Å². The van der Waals surface area contributed by atoms with Gasteiger partial charge in [0, 0.05) is 30.9 Å². The molecule has 0 aliphatic heterocycles. The second kappa shape index (κ2) is 6.41. The van der Waals surface area contributed by atoms with Gasteiger partial charge in [-0.25, -0.2) is 0 Å². The highest BCUT2D eigenvalue weighted by Gasteiger charge is 2.32. The average molecular weight is 385 g/mol. The van der Waals surface area contributed by atoms with Crippen LogP contribution < -0.4 is 5.32 Å². The molecule has 1 nitrogen and oxygen atoms in total. The van der Waals surface area contributed by atoms with E-state index < -0.39 is 0 Å². The van der Waals surface area contributed by atoms with E-state index in [1.54, 1.807) is 0 Å². The molecule has 1 aliphatic carbocycles. The Morgan fingerprint density at radius 3 is 2.81 bits per heavy atom. The maximum Gasteiger partial charge on any atom is 0.0443 e. The van der Waals surface area contributed by atoms with Gasteiger partial charge >= 0.3 is 0 Å². The van der Waals surface area contributed by atoms with E-state index in [0.717, 1.165) is 27.5 Å². The van der Waals surface area contributed by atoms with Crippen LogP contribution in [0.15, 0.2) is 28.7 Å². The fourth-order valence-electron chi connectivity index (χ4n) is 2.65. The Labute approximate surface area is 143 Å². The molecule has 1 aromatic carbocycles. The van der Waals surface area contributed by atoms with Gasteiger partial charge in [-0.2, -0.15) is 0 Å². The molecule has 0 amide bonds. The van der Waals surface area contributed by atoms with Crippen LogP contribution in [-0.2, 0) is 0 Å². The van der Waals surface area contributed by atoms with E-state index in [-0.39, 0.29) is 0 Å². The van der Waals surface area contributed by atoms with Crippen molar-refractivity contribution in [2.24, 2.45) is 5.92 Å². The summed E-state index contributed by atoms with van der Waals surface area (Å²) in [5.74, 6) is 0.821. The quantitative estimate of drug-likeness (QED) is 0.647. The van der Waals surface area contributed by atoms with Crippen LogP contribution in [-0.4, -0.2) is 6.54 Å². The van der Waals surface area contributed by atoms with Gasteiger partial charge in [0.25, 0.3) is 0 Å². The third-order valence-electron chi connectivity index (χ3n) is 3.96. The van der Waals surface area contributed by atoms with Crippen molar-refractivity contribution < 1.29 is 0 Å². The number of nitrogens with one attached hydrogen (secondary N) is 1. The largest absolute Gasteiger partial charge is 0.309 e. The zero-order valence-electron chi connectivity index (χ0n) is 12.2. The van der Waals surface area contributed by atoms with Crippen molar-refractivity contribution in [2.75, 3.05) is 6.54 Å². The van der Waals surface area contributed by atoms with E-state index in [1.165, 1.54) is 28.2 Å². The molecule has 2 aromatic rings. The van der Waals surface area contributed by atoms with Gasteiger partial charge < -0.3 is 5.32 Å². The second-order valence-corrected chi connectivity index (χ2v) is 8.03. The molecule has 1 aromatic heterocycles. The summed E-state index contributed by atoms with van der Waals surface area (Å²) in [6.45, 7) is 5.24. The third-order valence-corrected chi connectivity index (χ3v) is 6.23. The summed E-state index contributed by atoms with van der Waals surface area (Å²) in [5.41, 5.74) is 2.29. The molecular weight excluding hydrogens is 366 g/mol. The van der Waals surface area contributed by atoms with E-state index in [2.05, 4.69) is 52.4 Å². The van der Waals surface area contributed by atoms with Crippen molar-refractivity contribution in [3.8, 4) is 10.4 Å². The van der Waals surface area contributed by atoms with Crippen molar-refractivity contribution in [1.29, 1.82) is 0 Å². The summed E-state index contributed by atoms with van der Waals surface area (Å²) in [5, 5.41) is 4.46. The maximum atomic E-state index is 6.29. The molecule has 1 fully saturated rings. The van der Waals surface area contributed by atoms with E-state index >= 15 is 0 Å². The predicted octanol–water partition coefficient (Wildman–Crippen LogP) is 6.20. The smallest absolute Gasteiger partial charge is 0.0443 e. The molecular formula is C17H19BrClNS. The number of hydrogen-bond donors (Lipinski definition) is 1. The summed E-state index contributed by atoms with van der Waals surface area (Å²) in [6, 6.07) is 9.17. The lowest BCUT2D eigenvalue weighted by Crippen LogP contribution is -2.21. The minimum Gasteiger partial charge on any atom is -0.309 e. The van der Waals surface area contributed by atoms with Gasteiger partial charge in [0.2, 0.25) is 0 Å². The van der Waals surface area contributed by atoms with Gasteiger partial charge in [0.1, 0.15) is 0 Å². The predicted molar refractivity (Wildman–Crippen MR) is 96.3 cm³/mol. The van der Waals surface area contributed by atoms with Crippen molar-refractivity contribution in [3.05, 3.63) is 44.2 Å². The van der Waals surface area contributed by atoms with Crippen molar-refractivity contribution in [2.45, 2.75) is 32.7 Å². The highest BCUT2D eigenvalue weighted by Crippen LogP contribution is 2.45. The number of thiophene rings is 1. The first-order chi connectivity index (χ1) is 10.1. The second-order valence-electron chi connectivity index (χ2n) is 5.66. The molecule has 1 heterocycles. The molecule has 0 saturated heterocycles. The number of benzene rings is 1. The topological polar surface area (TPSA) is 12.0 Å². The lowest BCUT2D eigenvalue weighted by molar-refractivity contribution is 0.504. The molecule has 1 N–H and O–H groups in total. The molecule has 21 heavy (non-hydrogen) atoms. The molecule has 1 saturated carbocycles. The fraction of sp³-hybridized carbons (Fsp3) is 0.412. The van der Waals surface area contributed by atoms with Gasteiger partial charge in [-0.1, -0.05) is 34.5 Å². The molecule has 112 valence electrons. The molecule has 0 spiro atoms. The van der Waals surface area contributed by atoms with Gasteiger partial charge in [-0.05, 0) is 62.1 Å². The van der Waals surface area contributed by atoms with Crippen LogP contribution in [0.4, 0.5) is 0 Å². The zero-order chi connectivity index (χ0) is 15.0. The fourth-order valence-corrected chi connectivity index (χ4v) is 4.82. The van der Waals surface area contributed by atoms with Gasteiger partial charge in [-0.15, -0.1) is 11.3 Å². The van der Waals surface area contributed by atoms with Crippen LogP contribution in [0, 0.1) is 12.8 Å². The van der Waals surface area contributed by atoms with E-state index in [4.69, 9.17) is 11.6 Å². The molecule has 0 radical (unpaired) electrons. The minimum atomic E-state index is 0.522. The van der Waals surface area contributed by atoms with Crippen molar-refractivity contribution in [3.63, 3.8) is 0 Å². The Bertz CT molecular complexity index is 648. The first-order valence-corrected chi connectivity index (χ1v) is 9.38. The van der Waals surface area contributed by atoms with Gasteiger partial charge in [-0.3, -0.25) is 0 Å². The number of halogens is 2. The van der Waals surface area contributed by atoms with Crippen molar-refractivity contribution in [1.82, 2.24) is 5.32 Å². The SMILES string of the molecule is CCNC(c1ccc(-c2cc(Cl)c(C)cc2Br)s1)C1CC1. The summed E-state index contributed by atoms with van der Waals surface area (Å²) in [6.07, 6.45) is 2.70. The number of aryl methyl sites for hydroxylation is 1. The summed E-state index contributed by atoms with van der Waals surface area (Å²) < 4.78 is 1.12. The molecule has 1 unspecified atom stereocenters. The van der Waals surface area contributed by atoms with Crippen LogP contribution in [0.2, 0.25) is 5.02 Å². The highest BCUT2D eigenvalue weighted by atomic mass is 79.9. The molecule has 4 heteroatoms.